The fraction of sp³-hybridized carbons (Fsp3) is 0.421. The van der Waals surface area contributed by atoms with Crippen LogP contribution in [0.1, 0.15) is 126 Å². The summed E-state index contributed by atoms with van der Waals surface area (Å²) >= 11 is 0. The van der Waals surface area contributed by atoms with Gasteiger partial charge < -0.3 is 114 Å². The van der Waals surface area contributed by atoms with Crippen LogP contribution in [0.15, 0.2) is 121 Å². The summed E-state index contributed by atoms with van der Waals surface area (Å²) in [6, 6.07) is 42.3. The Bertz CT molecular complexity index is 3500. The first-order valence-corrected chi connectivity index (χ1v) is 32.4. The maximum absolute atomic E-state index is 6.37. The number of fused-ring (bicyclic) bond motifs is 8. The monoisotopic (exact) mass is 1620 g/mol. The summed E-state index contributed by atoms with van der Waals surface area (Å²) in [5.41, 5.74) is 14.1. The molecule has 0 spiro atoms. The van der Waals surface area contributed by atoms with Crippen LogP contribution in [0.25, 0.3) is 90.9 Å². The van der Waals surface area contributed by atoms with Gasteiger partial charge in [-0.15, -0.1) is 22.1 Å². The molecule has 5 heterocycles. The first-order valence-electron chi connectivity index (χ1n) is 32.4. The van der Waals surface area contributed by atoms with Gasteiger partial charge in [0.2, 0.25) is 0 Å². The molecule has 0 atom stereocenters. The van der Waals surface area contributed by atoms with E-state index in [1.165, 1.54) is 51.4 Å². The molecule has 9 rings (SSSR count). The molecule has 0 radical (unpaired) electrons. The molecule has 7 aromatic rings. The predicted molar refractivity (Wildman–Crippen MR) is 364 cm³/mol. The van der Waals surface area contributed by atoms with E-state index in [4.69, 9.17) is 38.9 Å². The number of nitrogens with zero attached hydrogens (tertiary/aromatic N) is 7. The van der Waals surface area contributed by atoms with Gasteiger partial charge in [0.1, 0.15) is 23.0 Å². The average Bonchev–Trinajstić information content (AvgIpc) is 1.73. The van der Waals surface area contributed by atoms with Gasteiger partial charge in [0.25, 0.3) is 0 Å². The van der Waals surface area contributed by atoms with E-state index in [2.05, 4.69) is 216 Å². The third kappa shape index (κ3) is 23.7. The van der Waals surface area contributed by atoms with Crippen molar-refractivity contribution in [3.05, 3.63) is 144 Å². The predicted octanol–water partition coefficient (Wildman–Crippen LogP) is 8.10. The minimum atomic E-state index is 0. The van der Waals surface area contributed by atoms with Crippen LogP contribution in [-0.2, 0) is 19.5 Å². The molecule has 0 aliphatic carbocycles. The van der Waals surface area contributed by atoms with Crippen LogP contribution in [0.2, 0.25) is 0 Å². The van der Waals surface area contributed by atoms with E-state index in [1.807, 2.05) is 0 Å². The largest absolute Gasteiger partial charge is 2.00 e. The zero-order valence-electron chi connectivity index (χ0n) is 56.0. The molecule has 0 saturated heterocycles. The normalized spacial score (nSPS) is 11.9. The Kier molecular flexibility index (Phi) is 31.7. The fourth-order valence-corrected chi connectivity index (χ4v) is 11.4. The maximum Gasteiger partial charge on any atom is 2.00 e. The Balaban J connectivity index is 0.00000376. The standard InChI is InChI=1S/C76H98N7O4.3HI.Zn/c1-11-12-13-14-15-16-17-18-22-53-84-61-34-26-57(27-35-61)73-65-42-44-67(77-65)74(58-28-36-62(37-29-58)85-54-23-19-50-81(2,3)4)69-46-48-71(79-69)76(60-32-40-64(41-33-60)87-56-25-21-52-83(8,9)10)72-49-47-70(80-72)75(68-45-43-66(73)78-68)59-30-38-63(39-31-59)86-55-24-20-51-82(5,6)7;;;;/h26-49H,11-25,50-56H2,1-10H3;3*1H;/q+1;;;;+2/p-3. The number of benzene rings is 4. The van der Waals surface area contributed by atoms with Crippen LogP contribution >= 0.6 is 0 Å². The van der Waals surface area contributed by atoms with E-state index >= 15 is 0 Å². The van der Waals surface area contributed by atoms with Gasteiger partial charge in [-0.2, -0.15) is 0 Å². The molecule has 11 nitrogen and oxygen atoms in total. The second kappa shape index (κ2) is 37.5. The van der Waals surface area contributed by atoms with Crippen molar-refractivity contribution < 1.29 is 124 Å². The van der Waals surface area contributed by atoms with E-state index in [9.17, 15) is 0 Å². The van der Waals surface area contributed by atoms with Crippen LogP contribution in [0.5, 0.6) is 23.0 Å². The van der Waals surface area contributed by atoms with Crippen molar-refractivity contribution in [1.29, 1.82) is 0 Å². The van der Waals surface area contributed by atoms with Gasteiger partial charge in [-0.25, -0.2) is 9.97 Å². The summed E-state index contributed by atoms with van der Waals surface area (Å²) in [6.45, 7) is 8.28. The van der Waals surface area contributed by atoms with Crippen molar-refractivity contribution in [2.45, 2.75) is 103 Å². The van der Waals surface area contributed by atoms with Crippen molar-refractivity contribution in [2.24, 2.45) is 0 Å². The third-order valence-electron chi connectivity index (χ3n) is 16.2. The Hall–Kier alpha value is -4.63. The number of halogens is 3. The Labute approximate surface area is 608 Å². The summed E-state index contributed by atoms with van der Waals surface area (Å²) in [6.07, 6.45) is 26.3. The maximum atomic E-state index is 6.37. The Morgan fingerprint density at radius 2 is 0.516 bits per heavy atom. The molecule has 8 bridgehead atoms. The number of ether oxygens (including phenoxy) is 4. The third-order valence-corrected chi connectivity index (χ3v) is 16.2. The average molecular weight is 1620 g/mol. The first-order chi connectivity index (χ1) is 42.0. The van der Waals surface area contributed by atoms with Crippen molar-refractivity contribution in [2.75, 3.05) is 109 Å². The summed E-state index contributed by atoms with van der Waals surface area (Å²) in [7, 11) is 20.1. The molecule has 4 aromatic carbocycles. The molecule has 2 aliphatic heterocycles. The molecular weight excluding hydrogens is 1520 g/mol. The molecule has 0 N–H and O–H groups in total. The Morgan fingerprint density at radius 1 is 0.297 bits per heavy atom. The van der Waals surface area contributed by atoms with Crippen LogP contribution in [0, 0.1) is 0 Å². The molecule has 484 valence electrons. The van der Waals surface area contributed by atoms with Crippen LogP contribution in [-0.4, -0.2) is 133 Å². The molecule has 2 aliphatic rings. The van der Waals surface area contributed by atoms with Gasteiger partial charge in [0, 0.05) is 0 Å². The number of rotatable bonds is 33. The molecule has 0 amide bonds. The van der Waals surface area contributed by atoms with Crippen molar-refractivity contribution in [1.82, 2.24) is 19.9 Å². The van der Waals surface area contributed by atoms with Crippen molar-refractivity contribution in [3.8, 4) is 67.5 Å². The van der Waals surface area contributed by atoms with Gasteiger partial charge in [-0.05, 0) is 162 Å². The van der Waals surface area contributed by atoms with Gasteiger partial charge >= 0.3 is 19.5 Å². The number of unbranched alkanes of at least 4 members (excludes halogenated alkanes) is 11. The zero-order valence-corrected chi connectivity index (χ0v) is 65.5. The van der Waals surface area contributed by atoms with Gasteiger partial charge in [-0.1, -0.05) is 131 Å². The molecule has 0 unspecified atom stereocenters. The van der Waals surface area contributed by atoms with Crippen molar-refractivity contribution >= 4 is 46.4 Å². The van der Waals surface area contributed by atoms with Crippen LogP contribution in [0.3, 0.4) is 0 Å². The van der Waals surface area contributed by atoms with E-state index in [-0.39, 0.29) is 91.4 Å². The Morgan fingerprint density at radius 3 is 0.747 bits per heavy atom. The van der Waals surface area contributed by atoms with E-state index < -0.39 is 0 Å². The molecule has 15 heteroatoms. The molecule has 3 aromatic heterocycles. The number of hydrogen-bond acceptors (Lipinski definition) is 6. The molecule has 91 heavy (non-hydrogen) atoms. The zero-order chi connectivity index (χ0) is 61.2. The van der Waals surface area contributed by atoms with E-state index in [0.29, 0.717) is 26.4 Å². The van der Waals surface area contributed by atoms with E-state index in [0.717, 1.165) is 190 Å². The summed E-state index contributed by atoms with van der Waals surface area (Å²) in [5.74, 6) is 3.38. The van der Waals surface area contributed by atoms with Crippen molar-refractivity contribution in [3.63, 3.8) is 0 Å². The number of quaternary nitrogens is 3. The second-order valence-corrected chi connectivity index (χ2v) is 26.8. The second-order valence-electron chi connectivity index (χ2n) is 26.8. The van der Waals surface area contributed by atoms with E-state index in [1.54, 1.807) is 0 Å². The fourth-order valence-electron chi connectivity index (χ4n) is 11.4. The van der Waals surface area contributed by atoms with Gasteiger partial charge in [0.15, 0.2) is 0 Å². The molecular formula is C76H98I3N7O4Zn. The summed E-state index contributed by atoms with van der Waals surface area (Å²) < 4.78 is 28.2. The minimum Gasteiger partial charge on any atom is -1.00 e. The quantitative estimate of drug-likeness (QED) is 0.0177. The minimum absolute atomic E-state index is 0. The topological polar surface area (TPSA) is 90.9 Å². The SMILES string of the molecule is CCCCCCCCCCCOc1ccc(-c2c3nc(c(-c4ccc(OCCCC[N+](C)(C)C)cc4)c4ccc([n-]4)c(-c4ccc(OCCCC[N+](C)(C)C)cc4)c4nc(c(-c5ccc(OCCCC[N+](C)(C)C)cc5)c5ccc2[n-]5)C=C4)C=C3)cc1.[I-].[I-].[I-].[Zn+2]. The molecule has 0 fully saturated rings. The van der Waals surface area contributed by atoms with Crippen LogP contribution in [0.4, 0.5) is 0 Å². The molecule has 0 saturated carbocycles. The summed E-state index contributed by atoms with van der Waals surface area (Å²) in [4.78, 5) is 22.3. The van der Waals surface area contributed by atoms with Gasteiger partial charge in [-0.3, -0.25) is 0 Å². The summed E-state index contributed by atoms with van der Waals surface area (Å²) in [5, 5.41) is 0. The number of hydrogen-bond donors (Lipinski definition) is 0. The number of aromatic nitrogens is 4. The van der Waals surface area contributed by atoms with Crippen LogP contribution < -0.4 is 101 Å². The van der Waals surface area contributed by atoms with Gasteiger partial charge in [0.05, 0.1) is 132 Å². The first kappa shape index (κ1) is 77.1. The smallest absolute Gasteiger partial charge is 1.00 e.